The number of pyridine rings is 1. The number of aromatic amines is 1. The van der Waals surface area contributed by atoms with E-state index >= 15 is 0 Å². The molecule has 1 amide bonds. The lowest BCUT2D eigenvalue weighted by molar-refractivity contribution is -0.129. The standard InChI is InChI=1S/C18H18BrN5O5/c1-27-9-12(29-15-8-22-23-17(25)16(15)19)10-28-14-3-5-24(18(14)26)13-2-4-21-7-11(13)6-20/h2,4,7-8,12,14H,3,5,9-10H2,1H3,(H,23,25)/t12-,14-/m0/s1. The van der Waals surface area contributed by atoms with E-state index < -0.39 is 17.8 Å². The summed E-state index contributed by atoms with van der Waals surface area (Å²) in [5.74, 6) is 0.0112. The number of carbonyl (C=O) groups is 1. The zero-order valence-electron chi connectivity index (χ0n) is 15.5. The molecule has 11 heteroatoms. The van der Waals surface area contributed by atoms with Crippen LogP contribution in [-0.2, 0) is 14.3 Å². The first-order valence-electron chi connectivity index (χ1n) is 8.71. The molecule has 10 nitrogen and oxygen atoms in total. The van der Waals surface area contributed by atoms with Gasteiger partial charge in [-0.05, 0) is 22.0 Å². The largest absolute Gasteiger partial charge is 0.483 e. The number of amides is 1. The van der Waals surface area contributed by atoms with Gasteiger partial charge in [0.15, 0.2) is 5.75 Å². The van der Waals surface area contributed by atoms with Crippen molar-refractivity contribution >= 4 is 27.5 Å². The van der Waals surface area contributed by atoms with Crippen molar-refractivity contribution in [1.82, 2.24) is 15.2 Å². The molecule has 3 rings (SSSR count). The third-order valence-electron chi connectivity index (χ3n) is 4.26. The average Bonchev–Trinajstić information content (AvgIpc) is 3.10. The molecule has 0 saturated carbocycles. The minimum Gasteiger partial charge on any atom is -0.483 e. The van der Waals surface area contributed by atoms with Crippen molar-refractivity contribution in [3.05, 3.63) is 45.0 Å². The van der Waals surface area contributed by atoms with E-state index in [1.807, 2.05) is 6.07 Å². The Morgan fingerprint density at radius 3 is 3.00 bits per heavy atom. The highest BCUT2D eigenvalue weighted by molar-refractivity contribution is 9.10. The number of carbonyl (C=O) groups excluding carboxylic acids is 1. The van der Waals surface area contributed by atoms with E-state index in [1.54, 1.807) is 6.07 Å². The number of aromatic nitrogens is 3. The van der Waals surface area contributed by atoms with E-state index in [1.165, 1.54) is 30.6 Å². The van der Waals surface area contributed by atoms with Crippen LogP contribution in [0.15, 0.2) is 33.9 Å². The second kappa shape index (κ2) is 9.60. The number of nitrogens with one attached hydrogen (secondary N) is 1. The van der Waals surface area contributed by atoms with E-state index in [4.69, 9.17) is 14.2 Å². The Morgan fingerprint density at radius 1 is 1.41 bits per heavy atom. The Labute approximate surface area is 174 Å². The van der Waals surface area contributed by atoms with Gasteiger partial charge in [-0.2, -0.15) is 10.4 Å². The summed E-state index contributed by atoms with van der Waals surface area (Å²) in [6, 6.07) is 3.67. The van der Waals surface area contributed by atoms with Crippen LogP contribution in [0.3, 0.4) is 0 Å². The number of anilines is 1. The fourth-order valence-electron chi connectivity index (χ4n) is 2.91. The molecule has 0 aromatic carbocycles. The molecule has 2 aromatic rings. The molecule has 1 aliphatic heterocycles. The van der Waals surface area contributed by atoms with E-state index in [2.05, 4.69) is 31.1 Å². The number of hydrogen-bond donors (Lipinski definition) is 1. The minimum absolute atomic E-state index is 0.0682. The zero-order chi connectivity index (χ0) is 20.8. The highest BCUT2D eigenvalue weighted by atomic mass is 79.9. The van der Waals surface area contributed by atoms with Gasteiger partial charge in [0.2, 0.25) is 0 Å². The van der Waals surface area contributed by atoms with Crippen molar-refractivity contribution in [2.75, 3.05) is 31.8 Å². The number of H-pyrrole nitrogens is 1. The maximum atomic E-state index is 12.7. The normalized spacial score (nSPS) is 17.2. The Morgan fingerprint density at radius 2 is 2.24 bits per heavy atom. The number of hydrogen-bond acceptors (Lipinski definition) is 8. The quantitative estimate of drug-likeness (QED) is 0.613. The number of methoxy groups -OCH3 is 1. The molecule has 1 saturated heterocycles. The Kier molecular flexibility index (Phi) is 6.92. The molecule has 0 bridgehead atoms. The molecule has 0 aliphatic carbocycles. The third kappa shape index (κ3) is 4.79. The summed E-state index contributed by atoms with van der Waals surface area (Å²) in [5.41, 5.74) is 0.419. The molecule has 0 radical (unpaired) electrons. The van der Waals surface area contributed by atoms with Crippen LogP contribution < -0.4 is 15.2 Å². The molecule has 2 aromatic heterocycles. The van der Waals surface area contributed by atoms with Gasteiger partial charge in [-0.3, -0.25) is 14.6 Å². The van der Waals surface area contributed by atoms with Gasteiger partial charge in [0, 0.05) is 32.5 Å². The summed E-state index contributed by atoms with van der Waals surface area (Å²) >= 11 is 3.15. The van der Waals surface area contributed by atoms with Gasteiger partial charge in [-0.25, -0.2) is 5.10 Å². The topological polar surface area (TPSA) is 130 Å². The van der Waals surface area contributed by atoms with Crippen molar-refractivity contribution in [3.8, 4) is 11.8 Å². The predicted molar refractivity (Wildman–Crippen MR) is 105 cm³/mol. The highest BCUT2D eigenvalue weighted by Gasteiger charge is 2.35. The summed E-state index contributed by atoms with van der Waals surface area (Å²) < 4.78 is 16.9. The SMILES string of the molecule is COC[C@@H](CO[C@H]1CCN(c2ccncc2C#N)C1=O)Oc1cn[nH]c(=O)c1Br. The fourth-order valence-corrected chi connectivity index (χ4v) is 3.20. The Hall–Kier alpha value is -2.81. The molecule has 1 N–H and O–H groups in total. The molecule has 2 atom stereocenters. The summed E-state index contributed by atoms with van der Waals surface area (Å²) in [6.07, 6.45) is 3.57. The number of halogens is 1. The summed E-state index contributed by atoms with van der Waals surface area (Å²) in [4.78, 5) is 29.8. The van der Waals surface area contributed by atoms with Crippen LogP contribution in [0.2, 0.25) is 0 Å². The molecule has 1 aliphatic rings. The molecule has 29 heavy (non-hydrogen) atoms. The van der Waals surface area contributed by atoms with Crippen molar-refractivity contribution in [3.63, 3.8) is 0 Å². The van der Waals surface area contributed by atoms with E-state index in [9.17, 15) is 14.9 Å². The average molecular weight is 464 g/mol. The molecule has 0 spiro atoms. The predicted octanol–water partition coefficient (Wildman–Crippen LogP) is 1.01. The molecule has 3 heterocycles. The molecule has 152 valence electrons. The van der Waals surface area contributed by atoms with Crippen molar-refractivity contribution in [2.45, 2.75) is 18.6 Å². The van der Waals surface area contributed by atoms with E-state index in [0.29, 0.717) is 24.2 Å². The molecule has 0 unspecified atom stereocenters. The number of rotatable bonds is 8. The van der Waals surface area contributed by atoms with Gasteiger partial charge >= 0.3 is 0 Å². The molecular formula is C18H18BrN5O5. The smallest absolute Gasteiger partial charge is 0.282 e. The number of nitrogens with zero attached hydrogens (tertiary/aromatic N) is 4. The second-order valence-corrected chi connectivity index (χ2v) is 6.97. The lowest BCUT2D eigenvalue weighted by Crippen LogP contribution is -2.35. The third-order valence-corrected chi connectivity index (χ3v) is 5.01. The lowest BCUT2D eigenvalue weighted by Gasteiger charge is -2.21. The van der Waals surface area contributed by atoms with E-state index in [-0.39, 0.29) is 29.3 Å². The first kappa shape index (κ1) is 20.9. The van der Waals surface area contributed by atoms with Crippen LogP contribution in [0.1, 0.15) is 12.0 Å². The van der Waals surface area contributed by atoms with Gasteiger partial charge in [-0.15, -0.1) is 0 Å². The number of ether oxygens (including phenoxy) is 3. The Bertz CT molecular complexity index is 976. The van der Waals surface area contributed by atoms with E-state index in [0.717, 1.165) is 0 Å². The summed E-state index contributed by atoms with van der Waals surface area (Å²) in [7, 11) is 1.51. The fraction of sp³-hybridized carbons (Fsp3) is 0.389. The van der Waals surface area contributed by atoms with Gasteiger partial charge in [0.25, 0.3) is 11.5 Å². The highest BCUT2D eigenvalue weighted by Crippen LogP contribution is 2.26. The Balaban J connectivity index is 1.64. The maximum absolute atomic E-state index is 12.7. The molecule has 1 fully saturated rings. The van der Waals surface area contributed by atoms with Crippen LogP contribution in [0.25, 0.3) is 0 Å². The van der Waals surface area contributed by atoms with Crippen LogP contribution in [-0.4, -0.2) is 60.2 Å². The first-order chi connectivity index (χ1) is 14.0. The minimum atomic E-state index is -0.668. The summed E-state index contributed by atoms with van der Waals surface area (Å²) in [6.45, 7) is 0.688. The van der Waals surface area contributed by atoms with Crippen LogP contribution in [0.4, 0.5) is 5.69 Å². The van der Waals surface area contributed by atoms with Crippen LogP contribution in [0.5, 0.6) is 5.75 Å². The first-order valence-corrected chi connectivity index (χ1v) is 9.50. The van der Waals surface area contributed by atoms with Gasteiger partial charge < -0.3 is 19.1 Å². The number of nitriles is 1. The lowest BCUT2D eigenvalue weighted by atomic mass is 10.2. The second-order valence-electron chi connectivity index (χ2n) is 6.18. The van der Waals surface area contributed by atoms with Crippen molar-refractivity contribution in [1.29, 1.82) is 5.26 Å². The van der Waals surface area contributed by atoms with Gasteiger partial charge in [-0.1, -0.05) is 0 Å². The molecular weight excluding hydrogens is 446 g/mol. The van der Waals surface area contributed by atoms with Gasteiger partial charge in [0.1, 0.15) is 22.7 Å². The monoisotopic (exact) mass is 463 g/mol. The van der Waals surface area contributed by atoms with Crippen LogP contribution >= 0.6 is 15.9 Å². The van der Waals surface area contributed by atoms with Crippen molar-refractivity contribution in [2.24, 2.45) is 0 Å². The summed E-state index contributed by atoms with van der Waals surface area (Å²) in [5, 5.41) is 15.2. The zero-order valence-corrected chi connectivity index (χ0v) is 17.1. The van der Waals surface area contributed by atoms with Crippen LogP contribution in [0, 0.1) is 11.3 Å². The maximum Gasteiger partial charge on any atom is 0.282 e. The van der Waals surface area contributed by atoms with Crippen molar-refractivity contribution < 1.29 is 19.0 Å². The van der Waals surface area contributed by atoms with Gasteiger partial charge in [0.05, 0.1) is 30.7 Å².